The molecule has 0 unspecified atom stereocenters. The van der Waals surface area contributed by atoms with Crippen LogP contribution in [-0.2, 0) is 17.8 Å². The van der Waals surface area contributed by atoms with Crippen molar-refractivity contribution in [2.45, 2.75) is 32.9 Å². The van der Waals surface area contributed by atoms with Crippen molar-refractivity contribution in [2.75, 3.05) is 25.0 Å². The third kappa shape index (κ3) is 4.41. The van der Waals surface area contributed by atoms with Crippen LogP contribution in [0.5, 0.6) is 0 Å². The molecule has 0 saturated carbocycles. The fourth-order valence-electron chi connectivity index (χ4n) is 2.87. The lowest BCUT2D eigenvalue weighted by Crippen LogP contribution is -2.49. The fourth-order valence-corrected chi connectivity index (χ4v) is 3.66. The quantitative estimate of drug-likeness (QED) is 0.875. The number of para-hydroxylation sites is 1. The zero-order valence-corrected chi connectivity index (χ0v) is 15.0. The van der Waals surface area contributed by atoms with Crippen LogP contribution in [0.15, 0.2) is 29.6 Å². The number of aryl methyl sites for hydroxylation is 1. The summed E-state index contributed by atoms with van der Waals surface area (Å²) in [4.78, 5) is 19.3. The van der Waals surface area contributed by atoms with Crippen molar-refractivity contribution in [3.63, 3.8) is 0 Å². The van der Waals surface area contributed by atoms with Gasteiger partial charge in [0.1, 0.15) is 5.01 Å². The van der Waals surface area contributed by atoms with E-state index in [-0.39, 0.29) is 5.91 Å². The summed E-state index contributed by atoms with van der Waals surface area (Å²) in [5.41, 5.74) is 3.00. The van der Waals surface area contributed by atoms with Crippen molar-refractivity contribution in [3.8, 4) is 0 Å². The summed E-state index contributed by atoms with van der Waals surface area (Å²) < 4.78 is 0. The van der Waals surface area contributed by atoms with Crippen LogP contribution >= 0.6 is 11.3 Å². The standard InChI is InChI=1S/C18H24N4OS/c1-13-5-3-4-6-16(13)21-17(23)9-18-20-15(12-24-18)11-22-8-7-19-10-14(22)2/h3-6,12,14,19H,7-11H2,1-2H3,(H,21,23)/t14-/m0/s1. The predicted molar refractivity (Wildman–Crippen MR) is 98.4 cm³/mol. The Balaban J connectivity index is 1.55. The van der Waals surface area contributed by atoms with Gasteiger partial charge in [0.25, 0.3) is 0 Å². The number of benzene rings is 1. The van der Waals surface area contributed by atoms with Gasteiger partial charge in [-0.1, -0.05) is 18.2 Å². The Bertz CT molecular complexity index is 700. The van der Waals surface area contributed by atoms with Crippen molar-refractivity contribution >= 4 is 22.9 Å². The summed E-state index contributed by atoms with van der Waals surface area (Å²) in [5.74, 6) is -0.0132. The maximum Gasteiger partial charge on any atom is 0.231 e. The van der Waals surface area contributed by atoms with E-state index >= 15 is 0 Å². The van der Waals surface area contributed by atoms with E-state index in [0.717, 1.165) is 48.1 Å². The highest BCUT2D eigenvalue weighted by molar-refractivity contribution is 7.09. The summed E-state index contributed by atoms with van der Waals surface area (Å²) in [6.45, 7) is 8.18. The summed E-state index contributed by atoms with van der Waals surface area (Å²) >= 11 is 1.57. The molecule has 6 heteroatoms. The van der Waals surface area contributed by atoms with E-state index in [1.54, 1.807) is 11.3 Å². The Labute approximate surface area is 147 Å². The second-order valence-corrected chi connectivity index (χ2v) is 7.24. The number of piperazine rings is 1. The fraction of sp³-hybridized carbons (Fsp3) is 0.444. The van der Waals surface area contributed by atoms with Crippen LogP contribution in [0.25, 0.3) is 0 Å². The average molecular weight is 344 g/mol. The molecule has 1 aliphatic rings. The van der Waals surface area contributed by atoms with E-state index in [0.29, 0.717) is 12.5 Å². The molecule has 128 valence electrons. The number of carbonyl (C=O) groups excluding carboxylic acids is 1. The SMILES string of the molecule is Cc1ccccc1NC(=O)Cc1nc(CN2CCNC[C@@H]2C)cs1. The molecule has 1 fully saturated rings. The van der Waals surface area contributed by atoms with Crippen LogP contribution in [0.3, 0.4) is 0 Å². The Morgan fingerprint density at radius 3 is 3.08 bits per heavy atom. The number of hydrogen-bond donors (Lipinski definition) is 2. The third-order valence-electron chi connectivity index (χ3n) is 4.33. The van der Waals surface area contributed by atoms with Crippen molar-refractivity contribution in [2.24, 2.45) is 0 Å². The summed E-state index contributed by atoms with van der Waals surface area (Å²) in [7, 11) is 0. The number of nitrogens with one attached hydrogen (secondary N) is 2. The van der Waals surface area contributed by atoms with E-state index in [9.17, 15) is 4.79 Å². The summed E-state index contributed by atoms with van der Waals surface area (Å²) in [6, 6.07) is 8.33. The molecule has 1 aromatic carbocycles. The third-order valence-corrected chi connectivity index (χ3v) is 5.23. The van der Waals surface area contributed by atoms with Gasteiger partial charge < -0.3 is 10.6 Å². The molecule has 5 nitrogen and oxygen atoms in total. The van der Waals surface area contributed by atoms with Crippen LogP contribution < -0.4 is 10.6 Å². The molecule has 0 bridgehead atoms. The number of nitrogens with zero attached hydrogens (tertiary/aromatic N) is 2. The monoisotopic (exact) mass is 344 g/mol. The molecule has 24 heavy (non-hydrogen) atoms. The Morgan fingerprint density at radius 2 is 2.29 bits per heavy atom. The topological polar surface area (TPSA) is 57.3 Å². The number of carbonyl (C=O) groups is 1. The molecule has 1 saturated heterocycles. The van der Waals surface area contributed by atoms with Crippen LogP contribution in [0.2, 0.25) is 0 Å². The average Bonchev–Trinajstić information content (AvgIpc) is 2.99. The first-order chi connectivity index (χ1) is 11.6. The maximum absolute atomic E-state index is 12.2. The minimum absolute atomic E-state index is 0.0132. The second kappa shape index (κ2) is 7.88. The number of aromatic nitrogens is 1. The Hall–Kier alpha value is -1.76. The van der Waals surface area contributed by atoms with Gasteiger partial charge in [0, 0.05) is 43.3 Å². The molecule has 1 aromatic heterocycles. The second-order valence-electron chi connectivity index (χ2n) is 6.30. The highest BCUT2D eigenvalue weighted by Gasteiger charge is 2.19. The van der Waals surface area contributed by atoms with Crippen molar-refractivity contribution in [1.82, 2.24) is 15.2 Å². The molecule has 2 heterocycles. The zero-order valence-electron chi connectivity index (χ0n) is 14.2. The van der Waals surface area contributed by atoms with Gasteiger partial charge in [-0.15, -0.1) is 11.3 Å². The lowest BCUT2D eigenvalue weighted by molar-refractivity contribution is -0.115. The molecule has 2 aromatic rings. The van der Waals surface area contributed by atoms with Crippen LogP contribution in [0.1, 0.15) is 23.2 Å². The maximum atomic E-state index is 12.2. The van der Waals surface area contributed by atoms with Gasteiger partial charge >= 0.3 is 0 Å². The van der Waals surface area contributed by atoms with Crippen LogP contribution in [0, 0.1) is 6.92 Å². The normalized spacial score (nSPS) is 18.5. The van der Waals surface area contributed by atoms with E-state index in [2.05, 4.69) is 32.8 Å². The molecule has 2 N–H and O–H groups in total. The molecule has 1 atom stereocenters. The zero-order chi connectivity index (χ0) is 16.9. The van der Waals surface area contributed by atoms with Crippen LogP contribution in [-0.4, -0.2) is 41.5 Å². The van der Waals surface area contributed by atoms with E-state index in [1.807, 2.05) is 31.2 Å². The number of hydrogen-bond acceptors (Lipinski definition) is 5. The molecule has 0 radical (unpaired) electrons. The largest absolute Gasteiger partial charge is 0.325 e. The number of amides is 1. The molecular formula is C18H24N4OS. The van der Waals surface area contributed by atoms with Gasteiger partial charge in [0.05, 0.1) is 12.1 Å². The van der Waals surface area contributed by atoms with Gasteiger partial charge in [-0.3, -0.25) is 9.69 Å². The minimum atomic E-state index is -0.0132. The summed E-state index contributed by atoms with van der Waals surface area (Å²) in [6.07, 6.45) is 0.329. The minimum Gasteiger partial charge on any atom is -0.325 e. The van der Waals surface area contributed by atoms with Crippen molar-refractivity contribution < 1.29 is 4.79 Å². The van der Waals surface area contributed by atoms with E-state index in [4.69, 9.17) is 0 Å². The van der Waals surface area contributed by atoms with Gasteiger partial charge in [-0.25, -0.2) is 4.98 Å². The molecule has 0 spiro atoms. The molecular weight excluding hydrogens is 320 g/mol. The molecule has 1 amide bonds. The highest BCUT2D eigenvalue weighted by Crippen LogP contribution is 2.17. The van der Waals surface area contributed by atoms with Crippen molar-refractivity contribution in [1.29, 1.82) is 0 Å². The molecule has 0 aliphatic carbocycles. The van der Waals surface area contributed by atoms with E-state index in [1.165, 1.54) is 0 Å². The van der Waals surface area contributed by atoms with Gasteiger partial charge in [0.2, 0.25) is 5.91 Å². The first-order valence-electron chi connectivity index (χ1n) is 8.35. The predicted octanol–water partition coefficient (Wildman–Crippen LogP) is 2.43. The lowest BCUT2D eigenvalue weighted by atomic mass is 10.2. The number of rotatable bonds is 5. The van der Waals surface area contributed by atoms with Crippen LogP contribution in [0.4, 0.5) is 5.69 Å². The summed E-state index contributed by atoms with van der Waals surface area (Å²) in [5, 5.41) is 9.31. The lowest BCUT2D eigenvalue weighted by Gasteiger charge is -2.33. The molecule has 1 aliphatic heterocycles. The van der Waals surface area contributed by atoms with Gasteiger partial charge in [-0.05, 0) is 25.5 Å². The highest BCUT2D eigenvalue weighted by atomic mass is 32.1. The number of thiazole rings is 1. The van der Waals surface area contributed by atoms with Gasteiger partial charge in [-0.2, -0.15) is 0 Å². The Morgan fingerprint density at radius 1 is 1.46 bits per heavy atom. The Kier molecular flexibility index (Phi) is 5.60. The number of anilines is 1. The van der Waals surface area contributed by atoms with E-state index < -0.39 is 0 Å². The first-order valence-corrected chi connectivity index (χ1v) is 9.23. The smallest absolute Gasteiger partial charge is 0.231 e. The molecule has 3 rings (SSSR count). The van der Waals surface area contributed by atoms with Crippen molar-refractivity contribution in [3.05, 3.63) is 45.9 Å². The first kappa shape index (κ1) is 17.1. The van der Waals surface area contributed by atoms with Gasteiger partial charge in [0.15, 0.2) is 0 Å².